The van der Waals surface area contributed by atoms with Gasteiger partial charge in [-0.1, -0.05) is 36.8 Å². The first kappa shape index (κ1) is 31.6. The molecule has 1 saturated heterocycles. The Bertz CT molecular complexity index is 1790. The highest BCUT2D eigenvalue weighted by Crippen LogP contribution is 2.53. The van der Waals surface area contributed by atoms with Crippen molar-refractivity contribution in [2.45, 2.75) is 61.9 Å². The third kappa shape index (κ3) is 4.90. The number of phenols is 1. The normalized spacial score (nSPS) is 29.5. The van der Waals surface area contributed by atoms with Crippen molar-refractivity contribution in [3.8, 4) is 17.2 Å². The minimum atomic E-state index is -2.54. The van der Waals surface area contributed by atoms with E-state index in [1.165, 1.54) is 18.1 Å². The molecule has 3 aromatic rings. The zero-order valence-corrected chi connectivity index (χ0v) is 25.7. The molecule has 2 heterocycles. The van der Waals surface area contributed by atoms with Gasteiger partial charge >= 0.3 is 0 Å². The molecular formula is C35H37NO11. The molecule has 12 nitrogen and oxygen atoms in total. The highest BCUT2D eigenvalue weighted by Gasteiger charge is 2.56. The summed E-state index contributed by atoms with van der Waals surface area (Å²) in [5.74, 6) is -0.806. The van der Waals surface area contributed by atoms with Crippen LogP contribution in [0.1, 0.15) is 62.6 Å². The fourth-order valence-electron chi connectivity index (χ4n) is 7.69. The number of ketones is 1. The molecule has 12 heteroatoms. The van der Waals surface area contributed by atoms with Crippen LogP contribution in [-0.4, -0.2) is 104 Å². The first-order valence-corrected chi connectivity index (χ1v) is 15.7. The number of methoxy groups -OCH3 is 1. The summed E-state index contributed by atoms with van der Waals surface area (Å²) in [6.45, 7) is -1.83. The molecule has 7 atom stereocenters. The summed E-state index contributed by atoms with van der Waals surface area (Å²) < 4.78 is 17.3. The number of amides is 1. The molecule has 2 aliphatic carbocycles. The fraction of sp³-hybridized carbons (Fsp3) is 0.429. The molecule has 0 spiro atoms. The Morgan fingerprint density at radius 1 is 1.15 bits per heavy atom. The topological polar surface area (TPSA) is 186 Å². The Kier molecular flexibility index (Phi) is 7.98. The average Bonchev–Trinajstić information content (AvgIpc) is 3.69. The molecule has 4 aliphatic rings. The molecule has 7 rings (SSSR count). The number of carbonyl (C=O) groups excluding carboxylic acids is 2. The maximum absolute atomic E-state index is 14.3. The number of hydrogen-bond acceptors (Lipinski definition) is 11. The molecule has 248 valence electrons. The van der Waals surface area contributed by atoms with Gasteiger partial charge in [0.25, 0.3) is 5.91 Å². The van der Waals surface area contributed by atoms with Crippen molar-refractivity contribution in [2.24, 2.45) is 5.92 Å². The lowest BCUT2D eigenvalue weighted by atomic mass is 9.76. The third-order valence-electron chi connectivity index (χ3n) is 10.2. The summed E-state index contributed by atoms with van der Waals surface area (Å²) in [6.07, 6.45) is -0.222. The smallest absolute Gasteiger partial charge is 0.254 e. The molecule has 2 aliphatic heterocycles. The average molecular weight is 648 g/mol. The van der Waals surface area contributed by atoms with Crippen LogP contribution in [0, 0.1) is 5.92 Å². The summed E-state index contributed by atoms with van der Waals surface area (Å²) in [4.78, 5) is 29.0. The van der Waals surface area contributed by atoms with E-state index in [4.69, 9.17) is 14.2 Å². The zero-order chi connectivity index (χ0) is 33.2. The van der Waals surface area contributed by atoms with Crippen molar-refractivity contribution in [3.63, 3.8) is 0 Å². The number of benzene rings is 3. The van der Waals surface area contributed by atoms with Gasteiger partial charge in [-0.3, -0.25) is 9.59 Å². The van der Waals surface area contributed by atoms with Crippen molar-refractivity contribution in [1.29, 1.82) is 0 Å². The lowest BCUT2D eigenvalue weighted by molar-refractivity contribution is -0.327. The van der Waals surface area contributed by atoms with E-state index in [-0.39, 0.29) is 47.5 Å². The third-order valence-corrected chi connectivity index (χ3v) is 10.2. The van der Waals surface area contributed by atoms with Gasteiger partial charge in [0.15, 0.2) is 11.4 Å². The van der Waals surface area contributed by atoms with E-state index in [9.17, 15) is 40.2 Å². The minimum Gasteiger partial charge on any atom is -0.506 e. The lowest BCUT2D eigenvalue weighted by Gasteiger charge is -2.46. The Morgan fingerprint density at radius 3 is 2.66 bits per heavy atom. The van der Waals surface area contributed by atoms with E-state index in [1.54, 1.807) is 18.2 Å². The van der Waals surface area contributed by atoms with Crippen LogP contribution in [0.15, 0.2) is 42.5 Å². The number of phenolic OH excluding ortho intramolecular Hbond substituents is 1. The van der Waals surface area contributed by atoms with Crippen LogP contribution >= 0.6 is 0 Å². The molecule has 47 heavy (non-hydrogen) atoms. The van der Waals surface area contributed by atoms with E-state index in [0.717, 1.165) is 24.8 Å². The highest BCUT2D eigenvalue weighted by atomic mass is 16.7. The van der Waals surface area contributed by atoms with Crippen LogP contribution < -0.4 is 9.47 Å². The van der Waals surface area contributed by atoms with Gasteiger partial charge in [0.05, 0.1) is 37.8 Å². The summed E-state index contributed by atoms with van der Waals surface area (Å²) in [5, 5.41) is 64.9. The SMILES string of the molecule is COc1cc(O[C@@H]2O[C@H](CO)[C@@H](O)[C@H](O)[C@]2(O)CO)c2c(O)c(C(=O)CN3Cc4ccccc4C3=O)c3c(c2c1)C=C[C@H]1CCC[C@H]31. The number of aromatic hydroxyl groups is 1. The Labute approximate surface area is 270 Å². The lowest BCUT2D eigenvalue weighted by Crippen LogP contribution is -2.69. The van der Waals surface area contributed by atoms with Crippen LogP contribution in [0.25, 0.3) is 16.8 Å². The van der Waals surface area contributed by atoms with Crippen LogP contribution in [0.4, 0.5) is 0 Å². The van der Waals surface area contributed by atoms with Gasteiger partial charge in [0, 0.05) is 23.6 Å². The highest BCUT2D eigenvalue weighted by molar-refractivity contribution is 6.13. The van der Waals surface area contributed by atoms with E-state index in [1.807, 2.05) is 18.2 Å². The summed E-state index contributed by atoms with van der Waals surface area (Å²) >= 11 is 0. The monoisotopic (exact) mass is 647 g/mol. The number of ether oxygens (including phenoxy) is 3. The van der Waals surface area contributed by atoms with Crippen LogP contribution in [0.2, 0.25) is 0 Å². The van der Waals surface area contributed by atoms with E-state index >= 15 is 0 Å². The van der Waals surface area contributed by atoms with Gasteiger partial charge in [-0.15, -0.1) is 0 Å². The summed E-state index contributed by atoms with van der Waals surface area (Å²) in [6, 6.07) is 10.3. The predicted molar refractivity (Wildman–Crippen MR) is 167 cm³/mol. The molecule has 1 amide bonds. The number of aliphatic hydroxyl groups is 5. The van der Waals surface area contributed by atoms with E-state index in [2.05, 4.69) is 6.08 Å². The molecule has 0 aromatic heterocycles. The van der Waals surface area contributed by atoms with Crippen molar-refractivity contribution < 1.29 is 54.4 Å². The Morgan fingerprint density at radius 2 is 1.94 bits per heavy atom. The molecule has 0 bridgehead atoms. The number of rotatable bonds is 8. The largest absolute Gasteiger partial charge is 0.506 e. The number of carbonyl (C=O) groups is 2. The van der Waals surface area contributed by atoms with Crippen molar-refractivity contribution >= 4 is 28.5 Å². The Hall–Kier alpha value is -4.04. The molecule has 0 unspecified atom stereocenters. The number of hydrogen-bond donors (Lipinski definition) is 6. The maximum Gasteiger partial charge on any atom is 0.254 e. The van der Waals surface area contributed by atoms with Gasteiger partial charge in [0.2, 0.25) is 6.29 Å². The van der Waals surface area contributed by atoms with E-state index in [0.29, 0.717) is 27.8 Å². The second-order valence-electron chi connectivity index (χ2n) is 12.8. The molecule has 3 aromatic carbocycles. The first-order valence-electron chi connectivity index (χ1n) is 15.7. The first-order chi connectivity index (χ1) is 22.6. The van der Waals surface area contributed by atoms with Gasteiger partial charge in [0.1, 0.15) is 35.6 Å². The number of aliphatic hydroxyl groups excluding tert-OH is 4. The van der Waals surface area contributed by atoms with Crippen molar-refractivity contribution in [2.75, 3.05) is 26.9 Å². The standard InChI is InChI=1S/C35H37NO11/c1-45-19-11-23-22-10-9-17-6-4-8-20(17)27(22)29(24(39)14-36-13-18-5-2-3-7-21(18)33(36)43)31(41)28(23)25(12-19)46-34-35(44,16-38)32(42)30(40)26(15-37)47-34/h2-3,5,7,9-12,17,20,26,30,32,34,37-38,40-42,44H,4,6,8,13-16H2,1H3/t17-,20+,26-,30-,32+,34-,35-/m1/s1. The number of allylic oxidation sites excluding steroid dienone is 1. The fourth-order valence-corrected chi connectivity index (χ4v) is 7.69. The summed E-state index contributed by atoms with van der Waals surface area (Å²) in [5.41, 5.74) is 0.240. The molecule has 2 fully saturated rings. The van der Waals surface area contributed by atoms with Gasteiger partial charge in [-0.05, 0) is 53.5 Å². The molecular weight excluding hydrogens is 610 g/mol. The van der Waals surface area contributed by atoms with Crippen LogP contribution in [0.3, 0.4) is 0 Å². The Balaban J connectivity index is 1.38. The molecule has 6 N–H and O–H groups in total. The summed E-state index contributed by atoms with van der Waals surface area (Å²) in [7, 11) is 1.44. The van der Waals surface area contributed by atoms with Crippen LogP contribution in [0.5, 0.6) is 17.2 Å². The van der Waals surface area contributed by atoms with Crippen molar-refractivity contribution in [3.05, 3.63) is 70.3 Å². The zero-order valence-electron chi connectivity index (χ0n) is 25.7. The number of nitrogens with zero attached hydrogens (tertiary/aromatic N) is 1. The molecule has 0 radical (unpaired) electrons. The second-order valence-corrected chi connectivity index (χ2v) is 12.8. The maximum atomic E-state index is 14.3. The van der Waals surface area contributed by atoms with Crippen molar-refractivity contribution in [1.82, 2.24) is 4.90 Å². The second kappa shape index (κ2) is 11.9. The number of fused-ring (bicyclic) bond motifs is 6. The van der Waals surface area contributed by atoms with Gasteiger partial charge in [-0.25, -0.2) is 0 Å². The van der Waals surface area contributed by atoms with Gasteiger partial charge in [-0.2, -0.15) is 0 Å². The van der Waals surface area contributed by atoms with Crippen LogP contribution in [-0.2, 0) is 11.3 Å². The quantitative estimate of drug-likeness (QED) is 0.196. The van der Waals surface area contributed by atoms with Gasteiger partial charge < -0.3 is 49.7 Å². The molecule has 1 saturated carbocycles. The van der Waals surface area contributed by atoms with E-state index < -0.39 is 54.9 Å². The predicted octanol–water partition coefficient (Wildman–Crippen LogP) is 1.84. The minimum absolute atomic E-state index is 0.0469. The number of Topliss-reactive ketones (excluding diaryl/α,β-unsaturated/α-hetero) is 1.